The van der Waals surface area contributed by atoms with Gasteiger partial charge in [-0.15, -0.1) is 0 Å². The average Bonchev–Trinajstić information content (AvgIpc) is 3.30. The number of rotatable bonds is 4. The number of allylic oxidation sites excluding steroid dienone is 2. The third-order valence-electron chi connectivity index (χ3n) is 6.87. The van der Waals surface area contributed by atoms with E-state index in [-0.39, 0.29) is 16.9 Å². The van der Waals surface area contributed by atoms with E-state index >= 15 is 0 Å². The molecule has 0 bridgehead atoms. The van der Waals surface area contributed by atoms with E-state index in [0.717, 1.165) is 28.8 Å². The predicted molar refractivity (Wildman–Crippen MR) is 121 cm³/mol. The molecule has 1 aliphatic carbocycles. The van der Waals surface area contributed by atoms with Crippen molar-refractivity contribution in [2.24, 2.45) is 5.92 Å². The van der Waals surface area contributed by atoms with E-state index < -0.39 is 16.0 Å². The molecule has 0 amide bonds. The lowest BCUT2D eigenvalue weighted by Gasteiger charge is -2.38. The molecular formula is C24H26N2O5S. The number of nitrogens with one attached hydrogen (secondary N) is 1. The Labute approximate surface area is 187 Å². The summed E-state index contributed by atoms with van der Waals surface area (Å²) >= 11 is 0. The number of aromatic carboxylic acids is 1. The predicted octanol–water partition coefficient (Wildman–Crippen LogP) is 3.54. The number of sulfonamides is 1. The second-order valence-electron chi connectivity index (χ2n) is 8.57. The van der Waals surface area contributed by atoms with E-state index in [4.69, 9.17) is 4.74 Å². The Kier molecular flexibility index (Phi) is 5.31. The molecule has 0 radical (unpaired) electrons. The van der Waals surface area contributed by atoms with E-state index in [2.05, 4.69) is 17.5 Å². The standard InChI is InChI=1S/C24H26N2O5S/c1-15-18(24(27)28)9-10-21-19-3-2-4-20(19)23(25-22(15)21)16-5-7-17(8-6-16)32(29,30)26-11-13-31-14-12-26/h2-3,5-10,19-20,23,25H,4,11-14H2,1H3,(H,27,28)/t19-,20+,23+/m1/s1. The first-order chi connectivity index (χ1) is 15.4. The zero-order valence-electron chi connectivity index (χ0n) is 17.8. The smallest absolute Gasteiger partial charge is 0.336 e. The van der Waals surface area contributed by atoms with Gasteiger partial charge >= 0.3 is 5.97 Å². The lowest BCUT2D eigenvalue weighted by Crippen LogP contribution is -2.40. The summed E-state index contributed by atoms with van der Waals surface area (Å²) in [6.07, 6.45) is 5.29. The number of carboxylic acids is 1. The summed E-state index contributed by atoms with van der Waals surface area (Å²) in [5.41, 5.74) is 4.00. The Balaban J connectivity index is 1.48. The quantitative estimate of drug-likeness (QED) is 0.686. The van der Waals surface area contributed by atoms with Crippen molar-refractivity contribution in [1.29, 1.82) is 0 Å². The van der Waals surface area contributed by atoms with Gasteiger partial charge in [0.15, 0.2) is 0 Å². The van der Waals surface area contributed by atoms with Gasteiger partial charge in [0.05, 0.1) is 29.7 Å². The molecule has 2 aliphatic heterocycles. The fourth-order valence-electron chi connectivity index (χ4n) is 5.16. The number of nitrogens with zero attached hydrogens (tertiary/aromatic N) is 1. The van der Waals surface area contributed by atoms with E-state index in [1.54, 1.807) is 18.2 Å². The van der Waals surface area contributed by atoms with E-state index in [0.29, 0.717) is 37.8 Å². The van der Waals surface area contributed by atoms with Crippen LogP contribution in [-0.4, -0.2) is 50.1 Å². The molecule has 0 spiro atoms. The minimum absolute atomic E-state index is 0.0367. The van der Waals surface area contributed by atoms with Gasteiger partial charge < -0.3 is 15.2 Å². The van der Waals surface area contributed by atoms with Crippen LogP contribution < -0.4 is 5.32 Å². The van der Waals surface area contributed by atoms with Crippen LogP contribution in [0.25, 0.3) is 0 Å². The fraction of sp³-hybridized carbons (Fsp3) is 0.375. The van der Waals surface area contributed by atoms with Gasteiger partial charge in [0.2, 0.25) is 10.0 Å². The van der Waals surface area contributed by atoms with Gasteiger partial charge in [-0.1, -0.05) is 30.4 Å². The summed E-state index contributed by atoms with van der Waals surface area (Å²) < 4.78 is 32.7. The molecule has 2 aromatic rings. The van der Waals surface area contributed by atoms with Crippen LogP contribution in [0.5, 0.6) is 0 Å². The summed E-state index contributed by atoms with van der Waals surface area (Å²) in [6.45, 7) is 3.40. The van der Waals surface area contributed by atoms with Crippen LogP contribution in [0.15, 0.2) is 53.4 Å². The van der Waals surface area contributed by atoms with E-state index in [1.165, 1.54) is 4.31 Å². The highest BCUT2D eigenvalue weighted by Crippen LogP contribution is 2.51. The van der Waals surface area contributed by atoms with Gasteiger partial charge in [0, 0.05) is 24.7 Å². The molecule has 5 rings (SSSR count). The Hall–Kier alpha value is -2.68. The Morgan fingerprint density at radius 2 is 1.84 bits per heavy atom. The second kappa shape index (κ2) is 8.03. The number of hydrogen-bond donors (Lipinski definition) is 2. The highest BCUT2D eigenvalue weighted by molar-refractivity contribution is 7.89. The Morgan fingerprint density at radius 1 is 1.12 bits per heavy atom. The monoisotopic (exact) mass is 454 g/mol. The lowest BCUT2D eigenvalue weighted by atomic mass is 9.76. The largest absolute Gasteiger partial charge is 0.478 e. The van der Waals surface area contributed by atoms with Crippen LogP contribution in [0.3, 0.4) is 0 Å². The van der Waals surface area contributed by atoms with Crippen LogP contribution >= 0.6 is 0 Å². The first kappa shape index (κ1) is 21.2. The van der Waals surface area contributed by atoms with Crippen molar-refractivity contribution in [2.75, 3.05) is 31.6 Å². The molecule has 0 aromatic heterocycles. The second-order valence-corrected chi connectivity index (χ2v) is 10.5. The molecule has 0 saturated carbocycles. The van der Waals surface area contributed by atoms with Crippen LogP contribution in [0.4, 0.5) is 5.69 Å². The Bertz CT molecular complexity index is 1180. The van der Waals surface area contributed by atoms with Gasteiger partial charge in [-0.05, 0) is 54.2 Å². The highest BCUT2D eigenvalue weighted by Gasteiger charge is 2.39. The summed E-state index contributed by atoms with van der Waals surface area (Å²) in [5, 5.41) is 13.1. The number of anilines is 1. The zero-order valence-corrected chi connectivity index (χ0v) is 18.6. The number of hydrogen-bond acceptors (Lipinski definition) is 5. The SMILES string of the molecule is Cc1c(C(=O)O)ccc2c1N[C@@H](c1ccc(S(=O)(=O)N3CCOCC3)cc1)[C@H]1CC=C[C@@H]21. The van der Waals surface area contributed by atoms with Crippen molar-refractivity contribution in [3.05, 3.63) is 70.8 Å². The maximum absolute atomic E-state index is 13.0. The number of ether oxygens (including phenoxy) is 1. The number of morpholine rings is 1. The maximum Gasteiger partial charge on any atom is 0.336 e. The topological polar surface area (TPSA) is 95.9 Å². The molecule has 168 valence electrons. The number of carboxylic acid groups (broad SMARTS) is 1. The maximum atomic E-state index is 13.0. The minimum atomic E-state index is -3.54. The van der Waals surface area contributed by atoms with Crippen molar-refractivity contribution in [3.63, 3.8) is 0 Å². The van der Waals surface area contributed by atoms with Crippen molar-refractivity contribution in [1.82, 2.24) is 4.31 Å². The van der Waals surface area contributed by atoms with Gasteiger partial charge in [0.25, 0.3) is 0 Å². The molecular weight excluding hydrogens is 428 g/mol. The first-order valence-corrected chi connectivity index (χ1v) is 12.3. The minimum Gasteiger partial charge on any atom is -0.478 e. The highest BCUT2D eigenvalue weighted by atomic mass is 32.2. The lowest BCUT2D eigenvalue weighted by molar-refractivity contribution is 0.0696. The van der Waals surface area contributed by atoms with Crippen LogP contribution in [0.1, 0.15) is 45.4 Å². The normalized spacial score (nSPS) is 25.1. The van der Waals surface area contributed by atoms with Crippen molar-refractivity contribution in [2.45, 2.75) is 30.2 Å². The average molecular weight is 455 g/mol. The zero-order chi connectivity index (χ0) is 22.5. The van der Waals surface area contributed by atoms with E-state index in [9.17, 15) is 18.3 Å². The molecule has 2 N–H and O–H groups in total. The number of fused-ring (bicyclic) bond motifs is 3. The fourth-order valence-corrected chi connectivity index (χ4v) is 6.57. The third kappa shape index (κ3) is 3.43. The van der Waals surface area contributed by atoms with Crippen LogP contribution in [0.2, 0.25) is 0 Å². The molecule has 3 aliphatic rings. The number of benzene rings is 2. The summed E-state index contributed by atoms with van der Waals surface area (Å²) in [5.74, 6) is -0.445. The third-order valence-corrected chi connectivity index (χ3v) is 8.79. The summed E-state index contributed by atoms with van der Waals surface area (Å²) in [4.78, 5) is 11.9. The molecule has 2 heterocycles. The van der Waals surface area contributed by atoms with Gasteiger partial charge in [0.1, 0.15) is 0 Å². The molecule has 2 aromatic carbocycles. The van der Waals surface area contributed by atoms with Gasteiger partial charge in [-0.3, -0.25) is 0 Å². The van der Waals surface area contributed by atoms with E-state index in [1.807, 2.05) is 25.1 Å². The molecule has 0 unspecified atom stereocenters. The summed E-state index contributed by atoms with van der Waals surface area (Å²) in [7, 11) is -3.54. The molecule has 7 nitrogen and oxygen atoms in total. The van der Waals surface area contributed by atoms with Crippen molar-refractivity contribution < 1.29 is 23.1 Å². The van der Waals surface area contributed by atoms with Crippen molar-refractivity contribution in [3.8, 4) is 0 Å². The van der Waals surface area contributed by atoms with Gasteiger partial charge in [-0.2, -0.15) is 4.31 Å². The molecule has 32 heavy (non-hydrogen) atoms. The van der Waals surface area contributed by atoms with Gasteiger partial charge in [-0.25, -0.2) is 13.2 Å². The molecule has 1 fully saturated rings. The number of carbonyl (C=O) groups is 1. The summed E-state index contributed by atoms with van der Waals surface area (Å²) in [6, 6.07) is 10.7. The van der Waals surface area contributed by atoms with Crippen molar-refractivity contribution >= 4 is 21.7 Å². The Morgan fingerprint density at radius 3 is 2.53 bits per heavy atom. The van der Waals surface area contributed by atoms with Crippen LogP contribution in [0, 0.1) is 12.8 Å². The first-order valence-electron chi connectivity index (χ1n) is 10.9. The van der Waals surface area contributed by atoms with Crippen LogP contribution in [-0.2, 0) is 14.8 Å². The molecule has 8 heteroatoms. The molecule has 1 saturated heterocycles. The molecule has 3 atom stereocenters.